The van der Waals surface area contributed by atoms with E-state index in [2.05, 4.69) is 5.32 Å². The molecule has 236 valence electrons. The fourth-order valence-corrected chi connectivity index (χ4v) is 6.48. The molecule has 1 fully saturated rings. The summed E-state index contributed by atoms with van der Waals surface area (Å²) in [6, 6.07) is 9.47. The van der Waals surface area contributed by atoms with Crippen LogP contribution in [-0.2, 0) is 16.0 Å². The van der Waals surface area contributed by atoms with Crippen molar-refractivity contribution in [1.82, 2.24) is 19.6 Å². The highest BCUT2D eigenvalue weighted by molar-refractivity contribution is 6.43. The van der Waals surface area contributed by atoms with Crippen LogP contribution in [0, 0.1) is 0 Å². The van der Waals surface area contributed by atoms with E-state index in [-0.39, 0.29) is 36.2 Å². The largest absolute Gasteiger partial charge is 0.497 e. The molecule has 2 aromatic carbocycles. The van der Waals surface area contributed by atoms with Gasteiger partial charge in [0.15, 0.2) is 6.23 Å². The van der Waals surface area contributed by atoms with Crippen molar-refractivity contribution in [3.8, 4) is 5.75 Å². The van der Waals surface area contributed by atoms with Gasteiger partial charge >= 0.3 is 12.1 Å². The molecule has 0 radical (unpaired) electrons. The van der Waals surface area contributed by atoms with Crippen molar-refractivity contribution in [2.24, 2.45) is 0 Å². The summed E-state index contributed by atoms with van der Waals surface area (Å²) in [5, 5.41) is 14.8. The van der Waals surface area contributed by atoms with Crippen molar-refractivity contribution in [1.29, 1.82) is 0 Å². The van der Waals surface area contributed by atoms with Gasteiger partial charge in [-0.05, 0) is 56.0 Å². The normalized spacial score (nSPS) is 20.1. The van der Waals surface area contributed by atoms with E-state index < -0.39 is 18.3 Å². The summed E-state index contributed by atoms with van der Waals surface area (Å²) in [5.74, 6) is 0.508. The number of urea groups is 2. The van der Waals surface area contributed by atoms with Crippen LogP contribution in [0.5, 0.6) is 5.75 Å². The standard InChI is InChI=1S/C31H37Cl2N5O6/c1-19(18-43-2)38-29(40)24(23-5-4-6-25(32)28(23)33)16-36(31(38)42)17-27(39)35-12-10-21(11-13-35)37-14-9-20-15-22(44-3)7-8-26(20)34-30(37)41/h4-8,15-16,19,21,29,40H,9-14,17-18H2,1-3H3,(H,34,41)/t19-,29?/m1/s1. The number of hydrogen-bond acceptors (Lipinski definition) is 6. The molecule has 2 N–H and O–H groups in total. The number of nitrogens with one attached hydrogen (secondary N) is 1. The van der Waals surface area contributed by atoms with Gasteiger partial charge in [-0.2, -0.15) is 0 Å². The monoisotopic (exact) mass is 645 g/mol. The fourth-order valence-electron chi connectivity index (χ4n) is 6.07. The van der Waals surface area contributed by atoms with E-state index in [0.29, 0.717) is 55.1 Å². The van der Waals surface area contributed by atoms with Gasteiger partial charge in [-0.1, -0.05) is 35.3 Å². The molecule has 5 amide bonds. The molecule has 2 atom stereocenters. The Morgan fingerprint density at radius 3 is 2.57 bits per heavy atom. The van der Waals surface area contributed by atoms with Crippen LogP contribution in [-0.4, -0.2) is 108 Å². The summed E-state index contributed by atoms with van der Waals surface area (Å²) in [6.07, 6.45) is 2.07. The first kappa shape index (κ1) is 31.9. The van der Waals surface area contributed by atoms with Gasteiger partial charge in [0.05, 0.1) is 29.8 Å². The summed E-state index contributed by atoms with van der Waals surface area (Å²) >= 11 is 12.7. The number of nitrogens with zero attached hydrogens (tertiary/aromatic N) is 4. The lowest BCUT2D eigenvalue weighted by Gasteiger charge is -2.42. The van der Waals surface area contributed by atoms with Gasteiger partial charge in [0.25, 0.3) is 0 Å². The maximum Gasteiger partial charge on any atom is 0.327 e. The quantitative estimate of drug-likeness (QED) is 0.436. The van der Waals surface area contributed by atoms with Crippen molar-refractivity contribution < 1.29 is 29.0 Å². The zero-order valence-corrected chi connectivity index (χ0v) is 26.5. The van der Waals surface area contributed by atoms with Gasteiger partial charge in [-0.3, -0.25) is 14.6 Å². The lowest BCUT2D eigenvalue weighted by molar-refractivity contribution is -0.133. The highest BCUT2D eigenvalue weighted by Crippen LogP contribution is 2.36. The predicted molar refractivity (Wildman–Crippen MR) is 168 cm³/mol. The third-order valence-corrected chi connectivity index (χ3v) is 9.27. The van der Waals surface area contributed by atoms with E-state index in [1.807, 2.05) is 23.1 Å². The lowest BCUT2D eigenvalue weighted by Crippen LogP contribution is -2.57. The highest BCUT2D eigenvalue weighted by Gasteiger charge is 2.39. The molecular formula is C31H37Cl2N5O6. The highest BCUT2D eigenvalue weighted by atomic mass is 35.5. The molecule has 3 heterocycles. The average Bonchev–Trinajstić information content (AvgIpc) is 3.17. The van der Waals surface area contributed by atoms with Gasteiger partial charge in [0, 0.05) is 55.8 Å². The molecule has 11 nitrogen and oxygen atoms in total. The number of likely N-dealkylation sites (tertiary alicyclic amines) is 1. The molecule has 1 saturated heterocycles. The van der Waals surface area contributed by atoms with Gasteiger partial charge in [0.2, 0.25) is 5.91 Å². The number of piperidine rings is 1. The van der Waals surface area contributed by atoms with Crippen LogP contribution in [0.2, 0.25) is 10.0 Å². The Kier molecular flexibility index (Phi) is 9.89. The molecule has 3 aliphatic rings. The number of methoxy groups -OCH3 is 2. The first-order valence-corrected chi connectivity index (χ1v) is 15.3. The number of halogens is 2. The SMILES string of the molecule is COC[C@@H](C)N1C(=O)N(CC(=O)N2CCC(N3CCc4cc(OC)ccc4NC3=O)CC2)C=C(c2cccc(Cl)c2Cl)C1O. The molecule has 0 bridgehead atoms. The van der Waals surface area contributed by atoms with E-state index in [4.69, 9.17) is 32.7 Å². The van der Waals surface area contributed by atoms with Crippen molar-refractivity contribution in [2.75, 3.05) is 52.3 Å². The number of carbonyl (C=O) groups excluding carboxylic acids is 3. The first-order valence-electron chi connectivity index (χ1n) is 14.6. The third kappa shape index (κ3) is 6.46. The number of aliphatic hydroxyl groups is 1. The van der Waals surface area contributed by atoms with Crippen LogP contribution >= 0.6 is 23.2 Å². The Labute approximate surface area is 266 Å². The molecule has 0 saturated carbocycles. The van der Waals surface area contributed by atoms with Crippen LogP contribution < -0.4 is 10.1 Å². The molecular weight excluding hydrogens is 609 g/mol. The Bertz CT molecular complexity index is 1450. The minimum absolute atomic E-state index is 0.0242. The Hall–Kier alpha value is -3.51. The third-order valence-electron chi connectivity index (χ3n) is 8.45. The smallest absolute Gasteiger partial charge is 0.327 e. The van der Waals surface area contributed by atoms with Gasteiger partial charge in [0.1, 0.15) is 12.3 Å². The topological polar surface area (TPSA) is 115 Å². The number of ether oxygens (including phenoxy) is 2. The molecule has 2 aromatic rings. The van der Waals surface area contributed by atoms with E-state index >= 15 is 0 Å². The number of hydrogen-bond donors (Lipinski definition) is 2. The summed E-state index contributed by atoms with van der Waals surface area (Å²) in [5.41, 5.74) is 2.60. The van der Waals surface area contributed by atoms with E-state index in [0.717, 1.165) is 17.0 Å². The van der Waals surface area contributed by atoms with Crippen LogP contribution in [0.1, 0.15) is 30.9 Å². The second kappa shape index (κ2) is 13.6. The summed E-state index contributed by atoms with van der Waals surface area (Å²) in [4.78, 5) is 46.3. The molecule has 0 aliphatic carbocycles. The number of carbonyl (C=O) groups is 3. The van der Waals surface area contributed by atoms with Gasteiger partial charge in [-0.25, -0.2) is 9.59 Å². The average molecular weight is 647 g/mol. The number of anilines is 1. The summed E-state index contributed by atoms with van der Waals surface area (Å²) in [7, 11) is 3.13. The molecule has 44 heavy (non-hydrogen) atoms. The van der Waals surface area contributed by atoms with Crippen LogP contribution in [0.3, 0.4) is 0 Å². The summed E-state index contributed by atoms with van der Waals surface area (Å²) in [6.45, 7) is 3.15. The molecule has 0 aromatic heterocycles. The van der Waals surface area contributed by atoms with Crippen molar-refractivity contribution >= 4 is 52.4 Å². The van der Waals surface area contributed by atoms with E-state index in [1.165, 1.54) is 23.1 Å². The first-order chi connectivity index (χ1) is 21.1. The molecule has 13 heteroatoms. The van der Waals surface area contributed by atoms with Crippen LogP contribution in [0.25, 0.3) is 5.57 Å². The second-order valence-corrected chi connectivity index (χ2v) is 12.0. The predicted octanol–water partition coefficient (Wildman–Crippen LogP) is 4.52. The van der Waals surface area contributed by atoms with Gasteiger partial charge in [-0.15, -0.1) is 0 Å². The Morgan fingerprint density at radius 2 is 1.86 bits per heavy atom. The van der Waals surface area contributed by atoms with Crippen molar-refractivity contribution in [3.63, 3.8) is 0 Å². The maximum absolute atomic E-state index is 13.6. The number of aliphatic hydroxyl groups excluding tert-OH is 1. The zero-order chi connectivity index (χ0) is 31.5. The lowest BCUT2D eigenvalue weighted by atomic mass is 10.0. The minimum Gasteiger partial charge on any atom is -0.497 e. The number of rotatable bonds is 8. The zero-order valence-electron chi connectivity index (χ0n) is 25.0. The van der Waals surface area contributed by atoms with Crippen LogP contribution in [0.15, 0.2) is 42.6 Å². The maximum atomic E-state index is 13.6. The van der Waals surface area contributed by atoms with Crippen molar-refractivity contribution in [3.05, 3.63) is 63.8 Å². The van der Waals surface area contributed by atoms with E-state index in [9.17, 15) is 19.5 Å². The molecule has 1 unspecified atom stereocenters. The Morgan fingerprint density at radius 1 is 1.11 bits per heavy atom. The fraction of sp³-hybridized carbons (Fsp3) is 0.452. The number of benzene rings is 2. The van der Waals surface area contributed by atoms with Gasteiger partial charge < -0.3 is 29.7 Å². The Balaban J connectivity index is 1.27. The molecule has 0 spiro atoms. The second-order valence-electron chi connectivity index (χ2n) is 11.2. The molecule has 3 aliphatic heterocycles. The van der Waals surface area contributed by atoms with Crippen molar-refractivity contribution in [2.45, 2.75) is 44.5 Å². The number of amides is 5. The van der Waals surface area contributed by atoms with E-state index in [1.54, 1.807) is 37.1 Å². The number of fused-ring (bicyclic) bond motifs is 1. The minimum atomic E-state index is -1.32. The summed E-state index contributed by atoms with van der Waals surface area (Å²) < 4.78 is 10.6. The molecule has 5 rings (SSSR count). The van der Waals surface area contributed by atoms with Crippen LogP contribution in [0.4, 0.5) is 15.3 Å².